The van der Waals surface area contributed by atoms with Crippen LogP contribution in [0.5, 0.6) is 0 Å². The summed E-state index contributed by atoms with van der Waals surface area (Å²) in [5.41, 5.74) is 4.41. The molecular weight excluding hydrogens is 390 g/mol. The van der Waals surface area contributed by atoms with Gasteiger partial charge in [-0.15, -0.1) is 0 Å². The Balaban J connectivity index is 1.74. The molecule has 3 aromatic rings. The van der Waals surface area contributed by atoms with Crippen LogP contribution in [0.1, 0.15) is 30.2 Å². The zero-order valence-corrected chi connectivity index (χ0v) is 17.2. The Labute approximate surface area is 180 Å². The number of aliphatic hydroxyl groups is 1. The smallest absolute Gasteiger partial charge is 0.176 e. The Hall–Kier alpha value is -3.50. The van der Waals surface area contributed by atoms with Gasteiger partial charge in [0.1, 0.15) is 6.07 Å². The molecule has 0 amide bonds. The number of rotatable bonds is 4. The molecule has 0 unspecified atom stereocenters. The topological polar surface area (TPSA) is 108 Å². The molecule has 1 aromatic carbocycles. The molecule has 2 aliphatic carbocycles. The molecule has 156 valence electrons. The summed E-state index contributed by atoms with van der Waals surface area (Å²) in [5.74, 6) is -0.315. The fourth-order valence-electron chi connectivity index (χ4n) is 5.39. The first kappa shape index (κ1) is 19.5. The normalized spacial score (nSPS) is 24.8. The minimum atomic E-state index is -0.636. The van der Waals surface area contributed by atoms with E-state index in [0.29, 0.717) is 6.54 Å². The summed E-state index contributed by atoms with van der Waals surface area (Å²) in [6.07, 6.45) is 7.14. The lowest BCUT2D eigenvalue weighted by molar-refractivity contribution is -0.121. The second-order valence-electron chi connectivity index (χ2n) is 8.34. The fraction of sp³-hybridized carbons (Fsp3) is 0.333. The van der Waals surface area contributed by atoms with Gasteiger partial charge in [0.05, 0.1) is 41.7 Å². The van der Waals surface area contributed by atoms with Gasteiger partial charge in [0.15, 0.2) is 5.78 Å². The second kappa shape index (κ2) is 7.33. The highest BCUT2D eigenvalue weighted by atomic mass is 16.3. The summed E-state index contributed by atoms with van der Waals surface area (Å²) < 4.78 is 1.70. The molecule has 2 aliphatic rings. The molecule has 31 heavy (non-hydrogen) atoms. The largest absolute Gasteiger partial charge is 0.394 e. The number of aromatic nitrogens is 4. The van der Waals surface area contributed by atoms with Crippen molar-refractivity contribution in [3.63, 3.8) is 0 Å². The van der Waals surface area contributed by atoms with Gasteiger partial charge in [0.25, 0.3) is 0 Å². The Kier molecular flexibility index (Phi) is 4.60. The number of aliphatic hydroxyl groups excluding tert-OH is 1. The molecule has 5 rings (SSSR count). The highest BCUT2D eigenvalue weighted by Crippen LogP contribution is 2.54. The Bertz CT molecular complexity index is 1220. The van der Waals surface area contributed by atoms with Crippen LogP contribution in [0.25, 0.3) is 11.3 Å². The van der Waals surface area contributed by atoms with Crippen molar-refractivity contribution in [1.82, 2.24) is 20.0 Å². The summed E-state index contributed by atoms with van der Waals surface area (Å²) >= 11 is 0. The van der Waals surface area contributed by atoms with Gasteiger partial charge in [-0.3, -0.25) is 14.6 Å². The third kappa shape index (κ3) is 2.79. The molecule has 2 aromatic heterocycles. The van der Waals surface area contributed by atoms with E-state index in [-0.39, 0.29) is 29.8 Å². The summed E-state index contributed by atoms with van der Waals surface area (Å²) in [6, 6.07) is 12.2. The minimum absolute atomic E-state index is 0.0225. The molecule has 0 spiro atoms. The molecule has 0 aliphatic heterocycles. The Morgan fingerprint density at radius 1 is 1.35 bits per heavy atom. The van der Waals surface area contributed by atoms with Crippen molar-refractivity contribution >= 4 is 5.78 Å². The molecule has 0 saturated carbocycles. The van der Waals surface area contributed by atoms with Crippen molar-refractivity contribution in [1.29, 1.82) is 5.26 Å². The van der Waals surface area contributed by atoms with E-state index in [4.69, 9.17) is 5.10 Å². The van der Waals surface area contributed by atoms with Crippen molar-refractivity contribution in [2.45, 2.75) is 31.7 Å². The molecule has 2 N–H and O–H groups in total. The zero-order chi connectivity index (χ0) is 21.6. The van der Waals surface area contributed by atoms with Crippen LogP contribution in [-0.2, 0) is 23.2 Å². The summed E-state index contributed by atoms with van der Waals surface area (Å²) in [7, 11) is 0. The molecule has 3 atom stereocenters. The van der Waals surface area contributed by atoms with Crippen LogP contribution in [0.3, 0.4) is 0 Å². The number of allylic oxidation sites excluding steroid dienone is 2. The molecular formula is C24H23N5O2. The zero-order valence-electron chi connectivity index (χ0n) is 17.2. The molecule has 0 fully saturated rings. The number of nitrogens with zero attached hydrogens (tertiary/aromatic N) is 4. The van der Waals surface area contributed by atoms with Crippen LogP contribution in [0.4, 0.5) is 0 Å². The van der Waals surface area contributed by atoms with E-state index in [1.165, 1.54) is 0 Å². The van der Waals surface area contributed by atoms with Crippen LogP contribution >= 0.6 is 0 Å². The highest BCUT2D eigenvalue weighted by molar-refractivity contribution is 6.02. The molecule has 7 heteroatoms. The van der Waals surface area contributed by atoms with Crippen LogP contribution in [0.2, 0.25) is 0 Å². The fourth-order valence-corrected chi connectivity index (χ4v) is 5.39. The number of ketones is 1. The van der Waals surface area contributed by atoms with E-state index in [2.05, 4.69) is 28.4 Å². The molecule has 2 heterocycles. The van der Waals surface area contributed by atoms with Crippen LogP contribution < -0.4 is 0 Å². The number of carbonyl (C=O) groups excluding carboxylic acids is 1. The first-order chi connectivity index (χ1) is 15.1. The number of carbonyl (C=O) groups is 1. The number of nitrogens with one attached hydrogen (secondary N) is 1. The number of hydrogen-bond acceptors (Lipinski definition) is 5. The minimum Gasteiger partial charge on any atom is -0.394 e. The lowest BCUT2D eigenvalue weighted by Crippen LogP contribution is -2.48. The first-order valence-electron chi connectivity index (χ1n) is 10.5. The summed E-state index contributed by atoms with van der Waals surface area (Å²) in [6.45, 7) is 2.39. The van der Waals surface area contributed by atoms with Crippen molar-refractivity contribution in [3.8, 4) is 17.3 Å². The van der Waals surface area contributed by atoms with E-state index < -0.39 is 5.41 Å². The SMILES string of the molecule is C[C@@H]1C(=O)C(C#N)=C[C@]2(c3ccccc3)c3n[nH]c(-c4cnn(CCO)c4)c3CC[C@@H]12. The van der Waals surface area contributed by atoms with Crippen LogP contribution in [-0.4, -0.2) is 37.5 Å². The Morgan fingerprint density at radius 2 is 2.16 bits per heavy atom. The third-order valence-corrected chi connectivity index (χ3v) is 6.83. The average molecular weight is 413 g/mol. The predicted octanol–water partition coefficient (Wildman–Crippen LogP) is 2.78. The third-order valence-electron chi connectivity index (χ3n) is 6.83. The number of benzene rings is 1. The van der Waals surface area contributed by atoms with Crippen molar-refractivity contribution in [3.05, 3.63) is 71.2 Å². The van der Waals surface area contributed by atoms with Gasteiger partial charge in [0.2, 0.25) is 0 Å². The quantitative estimate of drug-likeness (QED) is 0.684. The average Bonchev–Trinajstić information content (AvgIpc) is 3.44. The highest BCUT2D eigenvalue weighted by Gasteiger charge is 2.53. The van der Waals surface area contributed by atoms with Gasteiger partial charge in [0, 0.05) is 23.2 Å². The molecule has 0 saturated heterocycles. The number of fused-ring (bicyclic) bond motifs is 3. The van der Waals surface area contributed by atoms with Gasteiger partial charge in [-0.2, -0.15) is 15.5 Å². The standard InChI is InChI=1S/C24H23N5O2/c1-15-20-8-7-19-21(17-13-26-29(14-17)9-10-30)27-28-23(19)24(20,11-16(12-25)22(15)31)18-5-3-2-4-6-18/h2-6,11,13-15,20,30H,7-10H2,1H3,(H,27,28)/t15-,20-,24+/m0/s1. The number of aromatic amines is 1. The van der Waals surface area contributed by atoms with Crippen molar-refractivity contribution < 1.29 is 9.90 Å². The maximum absolute atomic E-state index is 12.8. The van der Waals surface area contributed by atoms with E-state index in [9.17, 15) is 15.2 Å². The maximum Gasteiger partial charge on any atom is 0.176 e. The number of nitriles is 1. The van der Waals surface area contributed by atoms with Gasteiger partial charge >= 0.3 is 0 Å². The van der Waals surface area contributed by atoms with Gasteiger partial charge in [-0.25, -0.2) is 0 Å². The maximum atomic E-state index is 12.8. The van der Waals surface area contributed by atoms with E-state index >= 15 is 0 Å². The lowest BCUT2D eigenvalue weighted by atomic mass is 9.54. The second-order valence-corrected chi connectivity index (χ2v) is 8.34. The monoisotopic (exact) mass is 413 g/mol. The first-order valence-corrected chi connectivity index (χ1v) is 10.5. The number of H-pyrrole nitrogens is 1. The number of hydrogen-bond donors (Lipinski definition) is 2. The van der Waals surface area contributed by atoms with Crippen LogP contribution in [0, 0.1) is 23.2 Å². The van der Waals surface area contributed by atoms with Gasteiger partial charge in [-0.05, 0) is 30.4 Å². The van der Waals surface area contributed by atoms with E-state index in [1.54, 1.807) is 10.9 Å². The predicted molar refractivity (Wildman–Crippen MR) is 114 cm³/mol. The van der Waals surface area contributed by atoms with Crippen molar-refractivity contribution in [2.75, 3.05) is 6.61 Å². The summed E-state index contributed by atoms with van der Waals surface area (Å²) in [5, 5.41) is 31.2. The Morgan fingerprint density at radius 3 is 2.90 bits per heavy atom. The lowest BCUT2D eigenvalue weighted by Gasteiger charge is -2.46. The molecule has 0 radical (unpaired) electrons. The number of Topliss-reactive ketones (excluding diaryl/α,β-unsaturated/α-hetero) is 1. The van der Waals surface area contributed by atoms with E-state index in [1.807, 2.05) is 37.4 Å². The summed E-state index contributed by atoms with van der Waals surface area (Å²) in [4.78, 5) is 12.8. The van der Waals surface area contributed by atoms with Crippen LogP contribution in [0.15, 0.2) is 54.4 Å². The molecule has 0 bridgehead atoms. The van der Waals surface area contributed by atoms with E-state index in [0.717, 1.165) is 40.9 Å². The van der Waals surface area contributed by atoms with Crippen molar-refractivity contribution in [2.24, 2.45) is 11.8 Å². The van der Waals surface area contributed by atoms with Gasteiger partial charge in [-0.1, -0.05) is 37.3 Å². The van der Waals surface area contributed by atoms with Gasteiger partial charge < -0.3 is 5.11 Å². The molecule has 7 nitrogen and oxygen atoms in total.